The highest BCUT2D eigenvalue weighted by atomic mass is 127. The van der Waals surface area contributed by atoms with Crippen LogP contribution in [0, 0.1) is 3.57 Å². The summed E-state index contributed by atoms with van der Waals surface area (Å²) < 4.78 is 6.19. The average molecular weight is 382 g/mol. The van der Waals surface area contributed by atoms with Crippen LogP contribution in [0.3, 0.4) is 0 Å². The summed E-state index contributed by atoms with van der Waals surface area (Å²) in [6.45, 7) is 2.10. The van der Waals surface area contributed by atoms with Crippen molar-refractivity contribution in [3.63, 3.8) is 0 Å². The molecule has 0 unspecified atom stereocenters. The van der Waals surface area contributed by atoms with Crippen molar-refractivity contribution in [2.45, 2.75) is 6.92 Å². The Labute approximate surface area is 131 Å². The van der Waals surface area contributed by atoms with Crippen LogP contribution in [0.5, 0.6) is 0 Å². The zero-order valence-electron chi connectivity index (χ0n) is 11.0. The van der Waals surface area contributed by atoms with E-state index in [2.05, 4.69) is 27.9 Å². The SMILES string of the molecule is CCOC(=O)c1cc(N)ccc1Nc1ccc(I)cc1. The highest BCUT2D eigenvalue weighted by Gasteiger charge is 2.13. The molecule has 2 aromatic carbocycles. The van der Waals surface area contributed by atoms with Crippen molar-refractivity contribution in [1.82, 2.24) is 0 Å². The molecule has 0 fully saturated rings. The van der Waals surface area contributed by atoms with Gasteiger partial charge in [-0.05, 0) is 72.0 Å². The molecule has 0 bridgehead atoms. The van der Waals surface area contributed by atoms with Crippen LogP contribution >= 0.6 is 22.6 Å². The van der Waals surface area contributed by atoms with Gasteiger partial charge in [0.25, 0.3) is 0 Å². The highest BCUT2D eigenvalue weighted by molar-refractivity contribution is 14.1. The monoisotopic (exact) mass is 382 g/mol. The van der Waals surface area contributed by atoms with Gasteiger partial charge in [0, 0.05) is 14.9 Å². The van der Waals surface area contributed by atoms with Gasteiger partial charge in [-0.2, -0.15) is 0 Å². The van der Waals surface area contributed by atoms with Crippen LogP contribution in [0.4, 0.5) is 17.1 Å². The number of anilines is 3. The van der Waals surface area contributed by atoms with Gasteiger partial charge >= 0.3 is 5.97 Å². The Kier molecular flexibility index (Phi) is 4.84. The van der Waals surface area contributed by atoms with Crippen molar-refractivity contribution >= 4 is 45.6 Å². The number of benzene rings is 2. The Morgan fingerprint density at radius 1 is 1.25 bits per heavy atom. The van der Waals surface area contributed by atoms with Crippen LogP contribution in [-0.2, 0) is 4.74 Å². The van der Waals surface area contributed by atoms with E-state index in [9.17, 15) is 4.79 Å². The number of hydrogen-bond acceptors (Lipinski definition) is 4. The van der Waals surface area contributed by atoms with E-state index in [-0.39, 0.29) is 5.97 Å². The molecular weight excluding hydrogens is 367 g/mol. The summed E-state index contributed by atoms with van der Waals surface area (Å²) in [5.74, 6) is -0.382. The molecule has 4 nitrogen and oxygen atoms in total. The van der Waals surface area contributed by atoms with Crippen LogP contribution in [-0.4, -0.2) is 12.6 Å². The first kappa shape index (κ1) is 14.6. The number of carbonyl (C=O) groups excluding carboxylic acids is 1. The van der Waals surface area contributed by atoms with E-state index >= 15 is 0 Å². The van der Waals surface area contributed by atoms with Crippen molar-refractivity contribution in [2.24, 2.45) is 0 Å². The number of halogens is 1. The molecular formula is C15H15IN2O2. The molecule has 0 aliphatic heterocycles. The summed E-state index contributed by atoms with van der Waals surface area (Å²) in [5.41, 5.74) is 8.29. The standard InChI is InChI=1S/C15H15IN2O2/c1-2-20-15(19)13-9-11(17)5-8-14(13)18-12-6-3-10(16)4-7-12/h3-9,18H,2,17H2,1H3. The number of carbonyl (C=O) groups is 1. The number of ether oxygens (including phenoxy) is 1. The van der Waals surface area contributed by atoms with Crippen molar-refractivity contribution in [3.05, 3.63) is 51.6 Å². The lowest BCUT2D eigenvalue weighted by Crippen LogP contribution is -2.08. The van der Waals surface area contributed by atoms with Crippen LogP contribution < -0.4 is 11.1 Å². The summed E-state index contributed by atoms with van der Waals surface area (Å²) in [5, 5.41) is 3.21. The molecule has 104 valence electrons. The van der Waals surface area contributed by atoms with E-state index < -0.39 is 0 Å². The van der Waals surface area contributed by atoms with Gasteiger partial charge in [0.15, 0.2) is 0 Å². The molecule has 3 N–H and O–H groups in total. The largest absolute Gasteiger partial charge is 0.462 e. The molecule has 0 atom stereocenters. The molecule has 20 heavy (non-hydrogen) atoms. The van der Waals surface area contributed by atoms with Crippen LogP contribution in [0.25, 0.3) is 0 Å². The summed E-state index contributed by atoms with van der Waals surface area (Å²) in [4.78, 5) is 11.9. The van der Waals surface area contributed by atoms with Gasteiger partial charge in [-0.3, -0.25) is 0 Å². The van der Waals surface area contributed by atoms with Gasteiger partial charge in [0.05, 0.1) is 17.9 Å². The van der Waals surface area contributed by atoms with E-state index in [1.165, 1.54) is 0 Å². The fourth-order valence-electron chi connectivity index (χ4n) is 1.74. The highest BCUT2D eigenvalue weighted by Crippen LogP contribution is 2.24. The zero-order valence-corrected chi connectivity index (χ0v) is 13.2. The van der Waals surface area contributed by atoms with Gasteiger partial charge in [0.1, 0.15) is 0 Å². The number of nitrogen functional groups attached to an aromatic ring is 1. The molecule has 0 aliphatic rings. The van der Waals surface area contributed by atoms with E-state index in [0.717, 1.165) is 9.26 Å². The summed E-state index contributed by atoms with van der Waals surface area (Å²) >= 11 is 2.24. The molecule has 5 heteroatoms. The molecule has 2 aromatic rings. The predicted octanol–water partition coefficient (Wildman–Crippen LogP) is 3.79. The van der Waals surface area contributed by atoms with Gasteiger partial charge in [0.2, 0.25) is 0 Å². The second kappa shape index (κ2) is 6.60. The van der Waals surface area contributed by atoms with Crippen molar-refractivity contribution in [3.8, 4) is 0 Å². The minimum atomic E-state index is -0.382. The van der Waals surface area contributed by atoms with Gasteiger partial charge < -0.3 is 15.8 Å². The zero-order chi connectivity index (χ0) is 14.5. The normalized spacial score (nSPS) is 10.1. The first-order valence-corrected chi connectivity index (χ1v) is 7.27. The number of rotatable bonds is 4. The third-order valence-corrected chi connectivity index (χ3v) is 3.38. The molecule has 0 saturated heterocycles. The maximum Gasteiger partial charge on any atom is 0.340 e. The lowest BCUT2D eigenvalue weighted by molar-refractivity contribution is 0.0527. The molecule has 0 spiro atoms. The fraction of sp³-hybridized carbons (Fsp3) is 0.133. The minimum Gasteiger partial charge on any atom is -0.462 e. The summed E-state index contributed by atoms with van der Waals surface area (Å²) in [7, 11) is 0. The molecule has 0 saturated carbocycles. The Balaban J connectivity index is 2.31. The number of nitrogens with two attached hydrogens (primary N) is 1. The van der Waals surface area contributed by atoms with E-state index in [1.54, 1.807) is 25.1 Å². The summed E-state index contributed by atoms with van der Waals surface area (Å²) in [6.07, 6.45) is 0. The van der Waals surface area contributed by atoms with Gasteiger partial charge in [-0.1, -0.05) is 0 Å². The van der Waals surface area contributed by atoms with Crippen LogP contribution in [0.15, 0.2) is 42.5 Å². The molecule has 2 rings (SSSR count). The first-order valence-electron chi connectivity index (χ1n) is 6.19. The molecule has 0 heterocycles. The fourth-order valence-corrected chi connectivity index (χ4v) is 2.10. The Hall–Kier alpha value is -1.76. The Morgan fingerprint density at radius 3 is 2.60 bits per heavy atom. The number of esters is 1. The number of nitrogens with one attached hydrogen (secondary N) is 1. The van der Waals surface area contributed by atoms with Crippen molar-refractivity contribution in [2.75, 3.05) is 17.7 Å². The maximum absolute atomic E-state index is 11.9. The molecule has 0 amide bonds. The molecule has 0 aromatic heterocycles. The van der Waals surface area contributed by atoms with Gasteiger partial charge in [-0.25, -0.2) is 4.79 Å². The lowest BCUT2D eigenvalue weighted by atomic mass is 10.1. The Bertz CT molecular complexity index is 612. The van der Waals surface area contributed by atoms with Crippen molar-refractivity contribution in [1.29, 1.82) is 0 Å². The van der Waals surface area contributed by atoms with Crippen LogP contribution in [0.1, 0.15) is 17.3 Å². The molecule has 0 radical (unpaired) electrons. The third-order valence-electron chi connectivity index (χ3n) is 2.66. The van der Waals surface area contributed by atoms with Crippen molar-refractivity contribution < 1.29 is 9.53 Å². The topological polar surface area (TPSA) is 64.3 Å². The second-order valence-electron chi connectivity index (χ2n) is 4.16. The van der Waals surface area contributed by atoms with E-state index in [0.29, 0.717) is 23.5 Å². The first-order chi connectivity index (χ1) is 9.60. The summed E-state index contributed by atoms with van der Waals surface area (Å²) in [6, 6.07) is 13.0. The Morgan fingerprint density at radius 2 is 1.95 bits per heavy atom. The quantitative estimate of drug-likeness (QED) is 0.480. The maximum atomic E-state index is 11.9. The smallest absolute Gasteiger partial charge is 0.340 e. The third kappa shape index (κ3) is 3.63. The minimum absolute atomic E-state index is 0.330. The van der Waals surface area contributed by atoms with E-state index in [1.807, 2.05) is 24.3 Å². The average Bonchev–Trinajstić information content (AvgIpc) is 2.43. The molecule has 0 aliphatic carbocycles. The van der Waals surface area contributed by atoms with Gasteiger partial charge in [-0.15, -0.1) is 0 Å². The van der Waals surface area contributed by atoms with E-state index in [4.69, 9.17) is 10.5 Å². The number of hydrogen-bond donors (Lipinski definition) is 2. The van der Waals surface area contributed by atoms with Crippen LogP contribution in [0.2, 0.25) is 0 Å². The lowest BCUT2D eigenvalue weighted by Gasteiger charge is -2.12. The second-order valence-corrected chi connectivity index (χ2v) is 5.40. The predicted molar refractivity (Wildman–Crippen MR) is 89.3 cm³/mol.